The molecule has 0 fully saturated rings. The highest BCUT2D eigenvalue weighted by Crippen LogP contribution is 2.31. The molecule has 0 spiro atoms. The maximum atomic E-state index is 11.5. The molecule has 0 aromatic heterocycles. The Kier molecular flexibility index (Phi) is 5.06. The van der Waals surface area contributed by atoms with Gasteiger partial charge in [0.15, 0.2) is 0 Å². The SMILES string of the molecule is CC(C)CC(=O)NCCc1ccc2c(c1)NC(=O)CS2. The van der Waals surface area contributed by atoms with Gasteiger partial charge in [-0.2, -0.15) is 0 Å². The Hall–Kier alpha value is -1.49. The Balaban J connectivity index is 1.86. The fourth-order valence-corrected chi connectivity index (χ4v) is 2.86. The van der Waals surface area contributed by atoms with Gasteiger partial charge >= 0.3 is 0 Å². The van der Waals surface area contributed by atoms with Crippen molar-refractivity contribution in [3.05, 3.63) is 23.8 Å². The van der Waals surface area contributed by atoms with Crippen molar-refractivity contribution in [1.29, 1.82) is 0 Å². The lowest BCUT2D eigenvalue weighted by Crippen LogP contribution is -2.26. The maximum Gasteiger partial charge on any atom is 0.234 e. The van der Waals surface area contributed by atoms with E-state index in [-0.39, 0.29) is 11.8 Å². The summed E-state index contributed by atoms with van der Waals surface area (Å²) in [6, 6.07) is 6.08. The van der Waals surface area contributed by atoms with Gasteiger partial charge in [-0.05, 0) is 30.0 Å². The predicted molar refractivity (Wildman–Crippen MR) is 82.0 cm³/mol. The molecule has 0 radical (unpaired) electrons. The van der Waals surface area contributed by atoms with Crippen molar-refractivity contribution < 1.29 is 9.59 Å². The Morgan fingerprint density at radius 3 is 3.00 bits per heavy atom. The number of nitrogens with one attached hydrogen (secondary N) is 2. The molecule has 1 aromatic rings. The molecular formula is C15H20N2O2S. The smallest absolute Gasteiger partial charge is 0.234 e. The van der Waals surface area contributed by atoms with Crippen LogP contribution in [0.15, 0.2) is 23.1 Å². The van der Waals surface area contributed by atoms with E-state index in [4.69, 9.17) is 0 Å². The van der Waals surface area contributed by atoms with E-state index >= 15 is 0 Å². The first-order valence-electron chi connectivity index (χ1n) is 6.87. The van der Waals surface area contributed by atoms with Crippen molar-refractivity contribution in [2.45, 2.75) is 31.6 Å². The van der Waals surface area contributed by atoms with Crippen LogP contribution in [0.1, 0.15) is 25.8 Å². The van der Waals surface area contributed by atoms with Crippen LogP contribution in [-0.2, 0) is 16.0 Å². The second-order valence-electron chi connectivity index (χ2n) is 5.37. The third kappa shape index (κ3) is 4.27. The van der Waals surface area contributed by atoms with Crippen LogP contribution in [0.4, 0.5) is 5.69 Å². The molecular weight excluding hydrogens is 272 g/mol. The number of carbonyl (C=O) groups is 2. The summed E-state index contributed by atoms with van der Waals surface area (Å²) in [5, 5.41) is 5.80. The molecule has 2 amide bonds. The van der Waals surface area contributed by atoms with Gasteiger partial charge in [0.1, 0.15) is 0 Å². The highest BCUT2D eigenvalue weighted by Gasteiger charge is 2.15. The van der Waals surface area contributed by atoms with E-state index in [1.807, 2.05) is 26.0 Å². The van der Waals surface area contributed by atoms with Gasteiger partial charge in [-0.15, -0.1) is 11.8 Å². The largest absolute Gasteiger partial charge is 0.356 e. The lowest BCUT2D eigenvalue weighted by atomic mass is 10.1. The van der Waals surface area contributed by atoms with Crippen LogP contribution in [0, 0.1) is 5.92 Å². The number of anilines is 1. The fourth-order valence-electron chi connectivity index (χ4n) is 2.07. The summed E-state index contributed by atoms with van der Waals surface area (Å²) in [5.41, 5.74) is 2.01. The normalized spacial score (nSPS) is 13.8. The molecule has 0 atom stereocenters. The number of thioether (sulfide) groups is 1. The second-order valence-corrected chi connectivity index (χ2v) is 6.38. The van der Waals surface area contributed by atoms with Gasteiger partial charge in [0.05, 0.1) is 11.4 Å². The van der Waals surface area contributed by atoms with E-state index in [0.29, 0.717) is 24.6 Å². The van der Waals surface area contributed by atoms with Crippen molar-refractivity contribution in [2.75, 3.05) is 17.6 Å². The van der Waals surface area contributed by atoms with E-state index in [0.717, 1.165) is 22.6 Å². The standard InChI is InChI=1S/C15H20N2O2S/c1-10(2)7-14(18)16-6-5-11-3-4-13-12(8-11)17-15(19)9-20-13/h3-4,8,10H,5-7,9H2,1-2H3,(H,16,18)(H,17,19). The van der Waals surface area contributed by atoms with Gasteiger partial charge in [-0.3, -0.25) is 9.59 Å². The van der Waals surface area contributed by atoms with Gasteiger partial charge < -0.3 is 10.6 Å². The first kappa shape index (κ1) is 14.9. The quantitative estimate of drug-likeness (QED) is 0.876. The van der Waals surface area contributed by atoms with E-state index < -0.39 is 0 Å². The molecule has 1 aliphatic rings. The second kappa shape index (κ2) is 6.79. The number of benzene rings is 1. The summed E-state index contributed by atoms with van der Waals surface area (Å²) in [4.78, 5) is 24.0. The minimum absolute atomic E-state index is 0.0462. The Morgan fingerprint density at radius 1 is 1.45 bits per heavy atom. The van der Waals surface area contributed by atoms with Crippen LogP contribution >= 0.6 is 11.8 Å². The summed E-state index contributed by atoms with van der Waals surface area (Å²) in [6.45, 7) is 4.69. The van der Waals surface area contributed by atoms with Crippen molar-refractivity contribution in [3.8, 4) is 0 Å². The zero-order chi connectivity index (χ0) is 14.5. The van der Waals surface area contributed by atoms with Crippen molar-refractivity contribution >= 4 is 29.3 Å². The molecule has 0 bridgehead atoms. The fraction of sp³-hybridized carbons (Fsp3) is 0.467. The Bertz CT molecular complexity index is 515. The van der Waals surface area contributed by atoms with Crippen LogP contribution in [0.25, 0.3) is 0 Å². The van der Waals surface area contributed by atoms with E-state index in [9.17, 15) is 9.59 Å². The number of amides is 2. The molecule has 5 heteroatoms. The van der Waals surface area contributed by atoms with Crippen LogP contribution in [-0.4, -0.2) is 24.1 Å². The lowest BCUT2D eigenvalue weighted by Gasteiger charge is -2.17. The predicted octanol–water partition coefficient (Wildman–Crippen LogP) is 2.44. The summed E-state index contributed by atoms with van der Waals surface area (Å²) in [7, 11) is 0. The Labute approximate surface area is 123 Å². The van der Waals surface area contributed by atoms with Crippen LogP contribution in [0.5, 0.6) is 0 Å². The Morgan fingerprint density at radius 2 is 2.25 bits per heavy atom. The van der Waals surface area contributed by atoms with Crippen LogP contribution < -0.4 is 10.6 Å². The summed E-state index contributed by atoms with van der Waals surface area (Å²) >= 11 is 1.56. The molecule has 4 nitrogen and oxygen atoms in total. The zero-order valence-electron chi connectivity index (χ0n) is 11.9. The van der Waals surface area contributed by atoms with Crippen molar-refractivity contribution in [3.63, 3.8) is 0 Å². The van der Waals surface area contributed by atoms with E-state index in [1.165, 1.54) is 0 Å². The molecule has 2 rings (SSSR count). The van der Waals surface area contributed by atoms with Gasteiger partial charge in [0, 0.05) is 17.9 Å². The number of fused-ring (bicyclic) bond motifs is 1. The lowest BCUT2D eigenvalue weighted by molar-refractivity contribution is -0.121. The summed E-state index contributed by atoms with van der Waals surface area (Å²) in [6.07, 6.45) is 1.34. The number of hydrogen-bond donors (Lipinski definition) is 2. The summed E-state index contributed by atoms with van der Waals surface area (Å²) in [5.74, 6) is 1.01. The number of carbonyl (C=O) groups excluding carboxylic acids is 2. The third-order valence-corrected chi connectivity index (χ3v) is 4.08. The average molecular weight is 292 g/mol. The van der Waals surface area contributed by atoms with E-state index in [2.05, 4.69) is 16.7 Å². The minimum atomic E-state index is 0.0462. The molecule has 1 aromatic carbocycles. The minimum Gasteiger partial charge on any atom is -0.356 e. The highest BCUT2D eigenvalue weighted by atomic mass is 32.2. The zero-order valence-corrected chi connectivity index (χ0v) is 12.7. The van der Waals surface area contributed by atoms with Crippen molar-refractivity contribution in [2.24, 2.45) is 5.92 Å². The number of rotatable bonds is 5. The molecule has 0 saturated heterocycles. The van der Waals surface area contributed by atoms with Gasteiger partial charge in [-0.1, -0.05) is 19.9 Å². The summed E-state index contributed by atoms with van der Waals surface area (Å²) < 4.78 is 0. The molecule has 20 heavy (non-hydrogen) atoms. The van der Waals surface area contributed by atoms with E-state index in [1.54, 1.807) is 11.8 Å². The van der Waals surface area contributed by atoms with Gasteiger partial charge in [0.2, 0.25) is 11.8 Å². The first-order chi connectivity index (χ1) is 9.54. The van der Waals surface area contributed by atoms with Crippen molar-refractivity contribution in [1.82, 2.24) is 5.32 Å². The molecule has 1 aliphatic heterocycles. The van der Waals surface area contributed by atoms with Crippen LogP contribution in [0.2, 0.25) is 0 Å². The topological polar surface area (TPSA) is 58.2 Å². The molecule has 2 N–H and O–H groups in total. The van der Waals surface area contributed by atoms with Crippen LogP contribution in [0.3, 0.4) is 0 Å². The molecule has 0 unspecified atom stereocenters. The molecule has 1 heterocycles. The third-order valence-electron chi connectivity index (χ3n) is 3.01. The monoisotopic (exact) mass is 292 g/mol. The molecule has 108 valence electrons. The van der Waals surface area contributed by atoms with Gasteiger partial charge in [-0.25, -0.2) is 0 Å². The highest BCUT2D eigenvalue weighted by molar-refractivity contribution is 8.00. The average Bonchev–Trinajstić information content (AvgIpc) is 2.37. The maximum absolute atomic E-state index is 11.5. The van der Waals surface area contributed by atoms with Gasteiger partial charge in [0.25, 0.3) is 0 Å². The molecule has 0 aliphatic carbocycles. The first-order valence-corrected chi connectivity index (χ1v) is 7.85. The number of hydrogen-bond acceptors (Lipinski definition) is 3. The molecule has 0 saturated carbocycles.